The van der Waals surface area contributed by atoms with Gasteiger partial charge in [0, 0.05) is 10.7 Å². The van der Waals surface area contributed by atoms with Crippen LogP contribution in [0, 0.1) is 5.92 Å². The average molecular weight is 319 g/mol. The summed E-state index contributed by atoms with van der Waals surface area (Å²) >= 11 is 1.57. The summed E-state index contributed by atoms with van der Waals surface area (Å²) in [6, 6.07) is 3.88. The SMILES string of the molecule is O=C(O)c1c(SCCC2CNC2)ccc2c1OB(O)[C@@H]1C[C@H]21. The maximum atomic E-state index is 11.7. The van der Waals surface area contributed by atoms with Gasteiger partial charge in [-0.05, 0) is 55.1 Å². The second-order valence-corrected chi connectivity index (χ2v) is 7.47. The highest BCUT2D eigenvalue weighted by Crippen LogP contribution is 2.60. The molecule has 0 radical (unpaired) electrons. The van der Waals surface area contributed by atoms with E-state index in [-0.39, 0.29) is 17.3 Å². The van der Waals surface area contributed by atoms with E-state index in [1.165, 1.54) is 0 Å². The minimum Gasteiger partial charge on any atom is -0.535 e. The van der Waals surface area contributed by atoms with E-state index in [1.54, 1.807) is 11.8 Å². The third-order valence-electron chi connectivity index (χ3n) is 4.86. The molecule has 2 atom stereocenters. The Hall–Kier alpha value is -1.18. The van der Waals surface area contributed by atoms with E-state index < -0.39 is 13.1 Å². The third kappa shape index (κ3) is 2.41. The first-order valence-corrected chi connectivity index (χ1v) is 8.72. The maximum absolute atomic E-state index is 11.7. The van der Waals surface area contributed by atoms with Crippen molar-refractivity contribution in [2.45, 2.75) is 29.5 Å². The van der Waals surface area contributed by atoms with Gasteiger partial charge in [0.2, 0.25) is 0 Å². The number of nitrogens with one attached hydrogen (secondary N) is 1. The minimum absolute atomic E-state index is 0.138. The fourth-order valence-corrected chi connectivity index (χ4v) is 4.47. The van der Waals surface area contributed by atoms with Gasteiger partial charge in [-0.2, -0.15) is 0 Å². The molecule has 1 aliphatic carbocycles. The molecule has 22 heavy (non-hydrogen) atoms. The Morgan fingerprint density at radius 1 is 1.45 bits per heavy atom. The van der Waals surface area contributed by atoms with Crippen LogP contribution in [0.4, 0.5) is 0 Å². The highest BCUT2D eigenvalue weighted by Gasteiger charge is 2.54. The molecule has 0 amide bonds. The molecule has 0 bridgehead atoms. The van der Waals surface area contributed by atoms with Gasteiger partial charge >= 0.3 is 13.1 Å². The lowest BCUT2D eigenvalue weighted by molar-refractivity contribution is 0.0690. The summed E-state index contributed by atoms with van der Waals surface area (Å²) in [5.74, 6) is 1.42. The van der Waals surface area contributed by atoms with Gasteiger partial charge < -0.3 is 20.1 Å². The van der Waals surface area contributed by atoms with E-state index in [9.17, 15) is 14.9 Å². The number of benzene rings is 1. The Kier molecular flexibility index (Phi) is 3.59. The third-order valence-corrected chi connectivity index (χ3v) is 5.95. The van der Waals surface area contributed by atoms with Crippen LogP contribution in [0.25, 0.3) is 0 Å². The number of thioether (sulfide) groups is 1. The Bertz CT molecular complexity index is 622. The zero-order valence-corrected chi connectivity index (χ0v) is 12.9. The van der Waals surface area contributed by atoms with Gasteiger partial charge in [-0.3, -0.25) is 0 Å². The van der Waals surface area contributed by atoms with Crippen molar-refractivity contribution in [3.63, 3.8) is 0 Å². The monoisotopic (exact) mass is 319 g/mol. The van der Waals surface area contributed by atoms with Gasteiger partial charge in [0.1, 0.15) is 11.3 Å². The predicted octanol–water partition coefficient (Wildman–Crippen LogP) is 1.82. The lowest BCUT2D eigenvalue weighted by atomic mass is 9.77. The van der Waals surface area contributed by atoms with Gasteiger partial charge in [-0.1, -0.05) is 6.07 Å². The summed E-state index contributed by atoms with van der Waals surface area (Å²) in [7, 11) is -0.864. The van der Waals surface area contributed by atoms with Crippen molar-refractivity contribution in [2.24, 2.45) is 5.92 Å². The van der Waals surface area contributed by atoms with E-state index in [1.807, 2.05) is 12.1 Å². The molecule has 116 valence electrons. The zero-order chi connectivity index (χ0) is 15.3. The molecule has 3 N–H and O–H groups in total. The molecule has 3 aliphatic rings. The second-order valence-electron chi connectivity index (χ2n) is 6.34. The highest BCUT2D eigenvalue weighted by molar-refractivity contribution is 7.99. The predicted molar refractivity (Wildman–Crippen MR) is 84.8 cm³/mol. The average Bonchev–Trinajstić information content (AvgIpc) is 3.21. The zero-order valence-electron chi connectivity index (χ0n) is 12.1. The van der Waals surface area contributed by atoms with Crippen LogP contribution in [0.5, 0.6) is 5.75 Å². The van der Waals surface area contributed by atoms with Crippen LogP contribution in [-0.4, -0.2) is 42.1 Å². The lowest BCUT2D eigenvalue weighted by Crippen LogP contribution is -2.42. The topological polar surface area (TPSA) is 78.8 Å². The molecule has 5 nitrogen and oxygen atoms in total. The van der Waals surface area contributed by atoms with Gasteiger partial charge in [0.15, 0.2) is 0 Å². The van der Waals surface area contributed by atoms with E-state index in [2.05, 4.69) is 5.32 Å². The molecule has 4 rings (SSSR count). The summed E-state index contributed by atoms with van der Waals surface area (Å²) < 4.78 is 5.53. The van der Waals surface area contributed by atoms with Gasteiger partial charge in [-0.25, -0.2) is 4.79 Å². The van der Waals surface area contributed by atoms with E-state index in [0.29, 0.717) is 11.7 Å². The van der Waals surface area contributed by atoms with Gasteiger partial charge in [0.05, 0.1) is 0 Å². The molecule has 0 unspecified atom stereocenters. The van der Waals surface area contributed by atoms with Crippen molar-refractivity contribution in [3.8, 4) is 5.75 Å². The van der Waals surface area contributed by atoms with Crippen molar-refractivity contribution in [2.75, 3.05) is 18.8 Å². The molecule has 2 heterocycles. The van der Waals surface area contributed by atoms with Crippen LogP contribution < -0.4 is 9.97 Å². The number of carboxylic acids is 1. The fraction of sp³-hybridized carbons (Fsp3) is 0.533. The van der Waals surface area contributed by atoms with Crippen molar-refractivity contribution in [1.82, 2.24) is 5.32 Å². The summed E-state index contributed by atoms with van der Waals surface area (Å²) in [6.45, 7) is 2.13. The first-order valence-electron chi connectivity index (χ1n) is 7.73. The van der Waals surface area contributed by atoms with Crippen LogP contribution in [0.1, 0.15) is 34.7 Å². The Labute approximate surface area is 133 Å². The molecule has 2 aliphatic heterocycles. The van der Waals surface area contributed by atoms with Crippen molar-refractivity contribution in [1.29, 1.82) is 0 Å². The molecule has 1 aromatic carbocycles. The quantitative estimate of drug-likeness (QED) is 0.567. The van der Waals surface area contributed by atoms with Crippen LogP contribution >= 0.6 is 11.8 Å². The number of fused-ring (bicyclic) bond motifs is 3. The molecule has 1 saturated heterocycles. The van der Waals surface area contributed by atoms with Crippen LogP contribution in [-0.2, 0) is 0 Å². The first-order chi connectivity index (χ1) is 10.6. The maximum Gasteiger partial charge on any atom is 0.526 e. The molecular weight excluding hydrogens is 301 g/mol. The Balaban J connectivity index is 1.58. The normalized spacial score (nSPS) is 25.8. The molecular formula is C15H18BNO4S. The van der Waals surface area contributed by atoms with E-state index >= 15 is 0 Å². The van der Waals surface area contributed by atoms with E-state index in [4.69, 9.17) is 4.65 Å². The number of aromatic carboxylic acids is 1. The first kappa shape index (κ1) is 14.4. The smallest absolute Gasteiger partial charge is 0.526 e. The number of carbonyl (C=O) groups is 1. The van der Waals surface area contributed by atoms with Crippen LogP contribution in [0.15, 0.2) is 17.0 Å². The Morgan fingerprint density at radius 2 is 2.27 bits per heavy atom. The molecule has 0 aromatic heterocycles. The standard InChI is InChI=1S/C15H18BNO4S/c18-15(19)13-12(22-4-3-8-6-17-7-8)2-1-9-10-5-11(10)16(20)21-14(9)13/h1-2,8,10-11,17,20H,3-7H2,(H,18,19)/t10-,11-/m1/s1. The van der Waals surface area contributed by atoms with Crippen LogP contribution in [0.2, 0.25) is 5.82 Å². The van der Waals surface area contributed by atoms with Crippen molar-refractivity contribution < 1.29 is 19.6 Å². The molecule has 0 spiro atoms. The fourth-order valence-electron chi connectivity index (χ4n) is 3.31. The summed E-state index contributed by atoms with van der Waals surface area (Å²) in [5, 5.41) is 22.8. The molecule has 1 aromatic rings. The molecule has 7 heteroatoms. The highest BCUT2D eigenvalue weighted by atomic mass is 32.2. The largest absolute Gasteiger partial charge is 0.535 e. The minimum atomic E-state index is -0.976. The number of hydrogen-bond donors (Lipinski definition) is 3. The molecule has 2 fully saturated rings. The van der Waals surface area contributed by atoms with Gasteiger partial charge in [-0.15, -0.1) is 11.8 Å². The summed E-state index contributed by atoms with van der Waals surface area (Å²) in [4.78, 5) is 12.4. The van der Waals surface area contributed by atoms with Gasteiger partial charge in [0.25, 0.3) is 0 Å². The van der Waals surface area contributed by atoms with Crippen molar-refractivity contribution in [3.05, 3.63) is 23.3 Å². The summed E-state index contributed by atoms with van der Waals surface area (Å²) in [6.07, 6.45) is 1.97. The number of rotatable bonds is 5. The number of hydrogen-bond acceptors (Lipinski definition) is 5. The molecule has 1 saturated carbocycles. The summed E-state index contributed by atoms with van der Waals surface area (Å²) in [5.41, 5.74) is 1.17. The van der Waals surface area contributed by atoms with E-state index in [0.717, 1.165) is 42.1 Å². The Morgan fingerprint density at radius 3 is 2.95 bits per heavy atom. The second kappa shape index (κ2) is 5.47. The van der Waals surface area contributed by atoms with Crippen molar-refractivity contribution >= 4 is 24.8 Å². The number of carboxylic acid groups (broad SMARTS) is 1. The lowest BCUT2D eigenvalue weighted by Gasteiger charge is -2.27. The van der Waals surface area contributed by atoms with Crippen LogP contribution in [0.3, 0.4) is 0 Å².